The van der Waals surface area contributed by atoms with Gasteiger partial charge >= 0.3 is 5.97 Å². The number of amides is 2. The van der Waals surface area contributed by atoms with Gasteiger partial charge in [-0.15, -0.1) is 0 Å². The van der Waals surface area contributed by atoms with Crippen LogP contribution in [0.25, 0.3) is 0 Å². The molecule has 0 radical (unpaired) electrons. The summed E-state index contributed by atoms with van der Waals surface area (Å²) in [4.78, 5) is 37.3. The fourth-order valence-corrected chi connectivity index (χ4v) is 2.36. The number of methoxy groups -OCH3 is 1. The van der Waals surface area contributed by atoms with Crippen LogP contribution < -0.4 is 4.74 Å². The van der Waals surface area contributed by atoms with Gasteiger partial charge in [-0.25, -0.2) is 9.69 Å². The molecule has 2 amide bonds. The molecule has 122 valence electrons. The number of imide groups is 1. The van der Waals surface area contributed by atoms with E-state index in [0.717, 1.165) is 4.90 Å². The number of hydrogen-bond acceptors (Lipinski definition) is 6. The molecule has 0 aliphatic carbocycles. The second kappa shape index (κ2) is 6.04. The SMILES string of the molecule is COc1ccc(O)c(C(=O)OCN2C(=O)c3ccccc3C2=O)c1. The van der Waals surface area contributed by atoms with E-state index in [0.29, 0.717) is 5.75 Å². The summed E-state index contributed by atoms with van der Waals surface area (Å²) < 4.78 is 9.97. The Hall–Kier alpha value is -3.35. The van der Waals surface area contributed by atoms with Gasteiger partial charge in [-0.2, -0.15) is 0 Å². The molecule has 0 saturated carbocycles. The van der Waals surface area contributed by atoms with Crippen LogP contribution in [0.2, 0.25) is 0 Å². The molecule has 0 atom stereocenters. The number of esters is 1. The average molecular weight is 327 g/mol. The number of fused-ring (bicyclic) bond motifs is 1. The zero-order valence-corrected chi connectivity index (χ0v) is 12.7. The molecule has 1 heterocycles. The molecule has 7 heteroatoms. The number of aromatic hydroxyl groups is 1. The van der Waals surface area contributed by atoms with Crippen LogP contribution in [0, 0.1) is 0 Å². The van der Waals surface area contributed by atoms with Crippen molar-refractivity contribution in [2.75, 3.05) is 13.8 Å². The first-order valence-corrected chi connectivity index (χ1v) is 7.02. The van der Waals surface area contributed by atoms with Gasteiger partial charge in [-0.1, -0.05) is 12.1 Å². The Morgan fingerprint density at radius 1 is 1.08 bits per heavy atom. The topological polar surface area (TPSA) is 93.1 Å². The Morgan fingerprint density at radius 2 is 1.71 bits per heavy atom. The monoisotopic (exact) mass is 327 g/mol. The molecule has 2 aromatic carbocycles. The molecule has 1 aliphatic heterocycles. The number of hydrogen-bond donors (Lipinski definition) is 1. The van der Waals surface area contributed by atoms with Crippen molar-refractivity contribution in [3.63, 3.8) is 0 Å². The van der Waals surface area contributed by atoms with E-state index in [1.807, 2.05) is 0 Å². The largest absolute Gasteiger partial charge is 0.507 e. The van der Waals surface area contributed by atoms with E-state index in [1.165, 1.54) is 37.4 Å². The van der Waals surface area contributed by atoms with Gasteiger partial charge in [0.2, 0.25) is 0 Å². The molecule has 0 aromatic heterocycles. The van der Waals surface area contributed by atoms with Crippen LogP contribution in [0.1, 0.15) is 31.1 Å². The highest BCUT2D eigenvalue weighted by Crippen LogP contribution is 2.25. The van der Waals surface area contributed by atoms with E-state index in [1.54, 1.807) is 12.1 Å². The van der Waals surface area contributed by atoms with Crippen LogP contribution >= 0.6 is 0 Å². The predicted molar refractivity (Wildman–Crippen MR) is 81.9 cm³/mol. The zero-order valence-electron chi connectivity index (χ0n) is 12.7. The molecule has 0 spiro atoms. The first-order chi connectivity index (χ1) is 11.5. The third kappa shape index (κ3) is 2.56. The fourth-order valence-electron chi connectivity index (χ4n) is 2.36. The van der Waals surface area contributed by atoms with Crippen LogP contribution in [0.4, 0.5) is 0 Å². The third-order valence-corrected chi connectivity index (χ3v) is 3.63. The van der Waals surface area contributed by atoms with Crippen molar-refractivity contribution in [3.05, 3.63) is 59.2 Å². The van der Waals surface area contributed by atoms with Gasteiger partial charge in [0, 0.05) is 0 Å². The fraction of sp³-hybridized carbons (Fsp3) is 0.118. The van der Waals surface area contributed by atoms with E-state index < -0.39 is 24.5 Å². The summed E-state index contributed by atoms with van der Waals surface area (Å²) in [5, 5.41) is 9.73. The minimum Gasteiger partial charge on any atom is -0.507 e. The second-order valence-corrected chi connectivity index (χ2v) is 5.03. The number of rotatable bonds is 4. The lowest BCUT2D eigenvalue weighted by atomic mass is 10.1. The molecule has 24 heavy (non-hydrogen) atoms. The van der Waals surface area contributed by atoms with E-state index in [2.05, 4.69) is 0 Å². The van der Waals surface area contributed by atoms with Gasteiger partial charge in [-0.05, 0) is 30.3 Å². The maximum Gasteiger partial charge on any atom is 0.343 e. The highest BCUT2D eigenvalue weighted by Gasteiger charge is 2.35. The summed E-state index contributed by atoms with van der Waals surface area (Å²) in [5.74, 6) is -1.86. The van der Waals surface area contributed by atoms with Gasteiger partial charge < -0.3 is 14.6 Å². The summed E-state index contributed by atoms with van der Waals surface area (Å²) in [5.41, 5.74) is 0.413. The van der Waals surface area contributed by atoms with Crippen molar-refractivity contribution in [1.29, 1.82) is 0 Å². The summed E-state index contributed by atoms with van der Waals surface area (Å²) in [7, 11) is 1.42. The summed E-state index contributed by atoms with van der Waals surface area (Å²) in [6.07, 6.45) is 0. The summed E-state index contributed by atoms with van der Waals surface area (Å²) in [6, 6.07) is 10.4. The Kier molecular flexibility index (Phi) is 3.91. The number of carbonyl (C=O) groups is 3. The van der Waals surface area contributed by atoms with Crippen LogP contribution in [0.15, 0.2) is 42.5 Å². The summed E-state index contributed by atoms with van der Waals surface area (Å²) >= 11 is 0. The van der Waals surface area contributed by atoms with Crippen molar-refractivity contribution in [2.24, 2.45) is 0 Å². The van der Waals surface area contributed by atoms with Crippen molar-refractivity contribution < 1.29 is 29.0 Å². The van der Waals surface area contributed by atoms with Gasteiger partial charge in [0.25, 0.3) is 11.8 Å². The number of carbonyl (C=O) groups excluding carboxylic acids is 3. The quantitative estimate of drug-likeness (QED) is 0.680. The maximum absolute atomic E-state index is 12.2. The first-order valence-electron chi connectivity index (χ1n) is 7.02. The Balaban J connectivity index is 1.74. The van der Waals surface area contributed by atoms with Crippen LogP contribution in [0.5, 0.6) is 11.5 Å². The normalized spacial score (nSPS) is 13.0. The number of ether oxygens (including phenoxy) is 2. The third-order valence-electron chi connectivity index (χ3n) is 3.63. The minimum absolute atomic E-state index is 0.119. The molecule has 1 aliphatic rings. The number of phenolic OH excluding ortho intramolecular Hbond substituents is 1. The van der Waals surface area contributed by atoms with Gasteiger partial charge in [0.1, 0.15) is 17.1 Å². The van der Waals surface area contributed by atoms with Crippen LogP contribution in [0.3, 0.4) is 0 Å². The van der Waals surface area contributed by atoms with Crippen LogP contribution in [-0.2, 0) is 4.74 Å². The number of nitrogens with zero attached hydrogens (tertiary/aromatic N) is 1. The minimum atomic E-state index is -0.872. The maximum atomic E-state index is 12.2. The van der Waals surface area contributed by atoms with Crippen LogP contribution in [-0.4, -0.2) is 41.6 Å². The first kappa shape index (κ1) is 15.5. The van der Waals surface area contributed by atoms with Crippen molar-refractivity contribution in [3.8, 4) is 11.5 Å². The Morgan fingerprint density at radius 3 is 2.29 bits per heavy atom. The molecule has 2 aromatic rings. The van der Waals surface area contributed by atoms with Gasteiger partial charge in [0.05, 0.1) is 18.2 Å². The van der Waals surface area contributed by atoms with Gasteiger partial charge in [-0.3, -0.25) is 9.59 Å². The molecule has 0 unspecified atom stereocenters. The van der Waals surface area contributed by atoms with Crippen molar-refractivity contribution in [1.82, 2.24) is 4.90 Å². The molecule has 1 N–H and O–H groups in total. The van der Waals surface area contributed by atoms with E-state index >= 15 is 0 Å². The van der Waals surface area contributed by atoms with E-state index in [4.69, 9.17) is 9.47 Å². The lowest BCUT2D eigenvalue weighted by molar-refractivity contribution is 0.0226. The van der Waals surface area contributed by atoms with Crippen molar-refractivity contribution >= 4 is 17.8 Å². The lowest BCUT2D eigenvalue weighted by Gasteiger charge is -2.14. The average Bonchev–Trinajstić information content (AvgIpc) is 2.84. The zero-order chi connectivity index (χ0) is 17.3. The molecule has 0 fully saturated rings. The Labute approximate surface area is 137 Å². The molecular weight excluding hydrogens is 314 g/mol. The van der Waals surface area contributed by atoms with Crippen molar-refractivity contribution in [2.45, 2.75) is 0 Å². The molecule has 7 nitrogen and oxygen atoms in total. The molecular formula is C17H13NO6. The smallest absolute Gasteiger partial charge is 0.343 e. The van der Waals surface area contributed by atoms with Gasteiger partial charge in [0.15, 0.2) is 6.73 Å². The molecule has 0 bridgehead atoms. The Bertz CT molecular complexity index is 810. The molecule has 3 rings (SSSR count). The van der Waals surface area contributed by atoms with E-state index in [9.17, 15) is 19.5 Å². The number of phenols is 1. The summed E-state index contributed by atoms with van der Waals surface area (Å²) in [6.45, 7) is -0.540. The second-order valence-electron chi connectivity index (χ2n) is 5.03. The highest BCUT2D eigenvalue weighted by molar-refractivity contribution is 6.21. The number of benzene rings is 2. The predicted octanol–water partition coefficient (Wildman–Crippen LogP) is 1.81. The molecule has 0 saturated heterocycles. The van der Waals surface area contributed by atoms with E-state index in [-0.39, 0.29) is 22.4 Å². The highest BCUT2D eigenvalue weighted by atomic mass is 16.5. The standard InChI is InChI=1S/C17H13NO6/c1-23-10-6-7-14(19)13(8-10)17(22)24-9-18-15(20)11-4-2-3-5-12(11)16(18)21/h2-8,19H,9H2,1H3. The lowest BCUT2D eigenvalue weighted by Crippen LogP contribution is -2.33.